The van der Waals surface area contributed by atoms with E-state index in [4.69, 9.17) is 5.11 Å². The summed E-state index contributed by atoms with van der Waals surface area (Å²) in [5.74, 6) is -2.32. The van der Waals surface area contributed by atoms with E-state index in [2.05, 4.69) is 25.9 Å². The fourth-order valence-electron chi connectivity index (χ4n) is 1.13. The molecule has 2 rings (SSSR count). The second-order valence-corrected chi connectivity index (χ2v) is 5.26. The molecule has 16 heavy (non-hydrogen) atoms. The molecule has 4 nitrogen and oxygen atoms in total. The first-order valence-corrected chi connectivity index (χ1v) is 5.70. The molecule has 0 spiro atoms. The van der Waals surface area contributed by atoms with E-state index >= 15 is 0 Å². The maximum atomic E-state index is 13.7. The lowest BCUT2D eigenvalue weighted by Crippen LogP contribution is -2.06. The molecule has 0 aliphatic carbocycles. The molecule has 2 aromatic rings. The van der Waals surface area contributed by atoms with Crippen LogP contribution < -0.4 is 0 Å². The van der Waals surface area contributed by atoms with E-state index in [1.807, 2.05) is 0 Å². The van der Waals surface area contributed by atoms with Crippen molar-refractivity contribution in [2.75, 3.05) is 0 Å². The maximum Gasteiger partial charge on any atom is 0.357 e. The molecule has 0 unspecified atom stereocenters. The molecule has 0 saturated carbocycles. The number of thiophene rings is 1. The lowest BCUT2D eigenvalue weighted by Gasteiger charge is -2.00. The normalized spacial score (nSPS) is 10.4. The van der Waals surface area contributed by atoms with Gasteiger partial charge >= 0.3 is 5.97 Å². The standard InChI is InChI=1S/C9H4BrFN2O2S/c10-5-2-1-4(16-5)7-6(11)8(9(14)15)13-3-12-7/h1-3H,(H,14,15). The Morgan fingerprint density at radius 2 is 2.19 bits per heavy atom. The quantitative estimate of drug-likeness (QED) is 0.926. The lowest BCUT2D eigenvalue weighted by molar-refractivity contribution is 0.0684. The zero-order valence-corrected chi connectivity index (χ0v) is 10.0. The Bertz CT molecular complexity index is 558. The summed E-state index contributed by atoms with van der Waals surface area (Å²) in [6.07, 6.45) is 1.04. The van der Waals surface area contributed by atoms with Crippen molar-refractivity contribution in [3.05, 3.63) is 33.8 Å². The number of halogens is 2. The van der Waals surface area contributed by atoms with E-state index < -0.39 is 17.5 Å². The Labute approximate surface area is 102 Å². The van der Waals surface area contributed by atoms with E-state index in [1.165, 1.54) is 11.3 Å². The van der Waals surface area contributed by atoms with Crippen molar-refractivity contribution < 1.29 is 14.3 Å². The first-order valence-electron chi connectivity index (χ1n) is 4.09. The number of carboxylic acids is 1. The monoisotopic (exact) mass is 302 g/mol. The van der Waals surface area contributed by atoms with Crippen molar-refractivity contribution in [1.29, 1.82) is 0 Å². The van der Waals surface area contributed by atoms with Crippen LogP contribution in [0.25, 0.3) is 10.6 Å². The molecule has 1 N–H and O–H groups in total. The van der Waals surface area contributed by atoms with Crippen LogP contribution in [0, 0.1) is 5.82 Å². The van der Waals surface area contributed by atoms with Gasteiger partial charge in [-0.2, -0.15) is 0 Å². The topological polar surface area (TPSA) is 63.1 Å². The smallest absolute Gasteiger partial charge is 0.357 e. The summed E-state index contributed by atoms with van der Waals surface area (Å²) in [5.41, 5.74) is -0.613. The number of aromatic carboxylic acids is 1. The molecule has 2 heterocycles. The number of hydrogen-bond acceptors (Lipinski definition) is 4. The van der Waals surface area contributed by atoms with E-state index in [0.29, 0.717) is 4.88 Å². The predicted molar refractivity (Wildman–Crippen MR) is 60.0 cm³/mol. The zero-order valence-electron chi connectivity index (χ0n) is 7.65. The van der Waals surface area contributed by atoms with Crippen LogP contribution in [0.15, 0.2) is 22.2 Å². The van der Waals surface area contributed by atoms with Gasteiger partial charge in [0.1, 0.15) is 12.0 Å². The van der Waals surface area contributed by atoms with Crippen LogP contribution in [0.2, 0.25) is 0 Å². The van der Waals surface area contributed by atoms with Gasteiger partial charge in [-0.15, -0.1) is 11.3 Å². The summed E-state index contributed by atoms with van der Waals surface area (Å²) < 4.78 is 14.5. The van der Waals surface area contributed by atoms with Gasteiger partial charge in [0.15, 0.2) is 11.5 Å². The lowest BCUT2D eigenvalue weighted by atomic mass is 10.2. The second kappa shape index (κ2) is 4.26. The van der Waals surface area contributed by atoms with Gasteiger partial charge in [-0.3, -0.25) is 0 Å². The molecule has 0 fully saturated rings. The van der Waals surface area contributed by atoms with Crippen molar-refractivity contribution in [3.8, 4) is 10.6 Å². The summed E-state index contributed by atoms with van der Waals surface area (Å²) in [7, 11) is 0. The molecular formula is C9H4BrFN2O2S. The van der Waals surface area contributed by atoms with Crippen LogP contribution in [0.4, 0.5) is 4.39 Å². The van der Waals surface area contributed by atoms with E-state index in [-0.39, 0.29) is 5.69 Å². The molecule has 0 atom stereocenters. The molecule has 82 valence electrons. The molecule has 0 aliphatic heterocycles. The molecule has 0 amide bonds. The van der Waals surface area contributed by atoms with Crippen LogP contribution in [-0.4, -0.2) is 21.0 Å². The van der Waals surface area contributed by atoms with Crippen LogP contribution in [0.1, 0.15) is 10.5 Å². The number of aromatic nitrogens is 2. The van der Waals surface area contributed by atoms with Crippen LogP contribution >= 0.6 is 27.3 Å². The highest BCUT2D eigenvalue weighted by Gasteiger charge is 2.18. The predicted octanol–water partition coefficient (Wildman–Crippen LogP) is 2.80. The zero-order chi connectivity index (χ0) is 11.7. The summed E-state index contributed by atoms with van der Waals surface area (Å²) in [4.78, 5) is 18.3. The molecule has 0 aromatic carbocycles. The van der Waals surface area contributed by atoms with Gasteiger partial charge in [-0.1, -0.05) is 0 Å². The number of hydrogen-bond donors (Lipinski definition) is 1. The van der Waals surface area contributed by atoms with E-state index in [9.17, 15) is 9.18 Å². The highest BCUT2D eigenvalue weighted by Crippen LogP contribution is 2.31. The minimum absolute atomic E-state index is 0.00287. The summed E-state index contributed by atoms with van der Waals surface area (Å²) in [5, 5.41) is 8.71. The number of carbonyl (C=O) groups is 1. The Hall–Kier alpha value is -1.34. The Kier molecular flexibility index (Phi) is 2.97. The Morgan fingerprint density at radius 3 is 2.75 bits per heavy atom. The minimum Gasteiger partial charge on any atom is -0.476 e. The van der Waals surface area contributed by atoms with Crippen LogP contribution in [0.3, 0.4) is 0 Å². The minimum atomic E-state index is -1.41. The average Bonchev–Trinajstić information content (AvgIpc) is 2.64. The summed E-state index contributed by atoms with van der Waals surface area (Å²) in [6.45, 7) is 0. The SMILES string of the molecule is O=C(O)c1ncnc(-c2ccc(Br)s2)c1F. The van der Waals surface area contributed by atoms with Crippen molar-refractivity contribution >= 4 is 33.2 Å². The van der Waals surface area contributed by atoms with Gasteiger partial charge < -0.3 is 5.11 Å². The van der Waals surface area contributed by atoms with Gasteiger partial charge in [0, 0.05) is 0 Å². The van der Waals surface area contributed by atoms with Crippen molar-refractivity contribution in [3.63, 3.8) is 0 Å². The first-order chi connectivity index (χ1) is 7.59. The van der Waals surface area contributed by atoms with Crippen molar-refractivity contribution in [2.24, 2.45) is 0 Å². The molecule has 0 aliphatic rings. The van der Waals surface area contributed by atoms with Crippen LogP contribution in [-0.2, 0) is 0 Å². The maximum absolute atomic E-state index is 13.7. The Balaban J connectivity index is 2.58. The average molecular weight is 303 g/mol. The first kappa shape index (κ1) is 11.2. The third-order valence-corrected chi connectivity index (χ3v) is 3.43. The highest BCUT2D eigenvalue weighted by atomic mass is 79.9. The molecule has 7 heteroatoms. The van der Waals surface area contributed by atoms with Crippen molar-refractivity contribution in [1.82, 2.24) is 9.97 Å². The molecular weight excluding hydrogens is 299 g/mol. The second-order valence-electron chi connectivity index (χ2n) is 2.79. The third kappa shape index (κ3) is 1.96. The fourth-order valence-corrected chi connectivity index (χ4v) is 2.51. The molecule has 2 aromatic heterocycles. The van der Waals surface area contributed by atoms with Gasteiger partial charge in [0.05, 0.1) is 8.66 Å². The fraction of sp³-hybridized carbons (Fsp3) is 0. The van der Waals surface area contributed by atoms with Crippen LogP contribution in [0.5, 0.6) is 0 Å². The molecule has 0 bridgehead atoms. The number of rotatable bonds is 2. The number of carboxylic acid groups (broad SMARTS) is 1. The van der Waals surface area contributed by atoms with Gasteiger partial charge in [-0.05, 0) is 28.1 Å². The third-order valence-electron chi connectivity index (χ3n) is 1.80. The highest BCUT2D eigenvalue weighted by molar-refractivity contribution is 9.11. The van der Waals surface area contributed by atoms with Crippen molar-refractivity contribution in [2.45, 2.75) is 0 Å². The van der Waals surface area contributed by atoms with Gasteiger partial charge in [0.2, 0.25) is 0 Å². The Morgan fingerprint density at radius 1 is 1.44 bits per heavy atom. The summed E-state index contributed by atoms with van der Waals surface area (Å²) >= 11 is 4.51. The summed E-state index contributed by atoms with van der Waals surface area (Å²) in [6, 6.07) is 3.40. The van der Waals surface area contributed by atoms with Gasteiger partial charge in [-0.25, -0.2) is 19.2 Å². The largest absolute Gasteiger partial charge is 0.476 e. The van der Waals surface area contributed by atoms with E-state index in [1.54, 1.807) is 12.1 Å². The van der Waals surface area contributed by atoms with Gasteiger partial charge in [0.25, 0.3) is 0 Å². The molecule has 0 radical (unpaired) electrons. The van der Waals surface area contributed by atoms with E-state index in [0.717, 1.165) is 10.1 Å². The molecule has 0 saturated heterocycles. The number of nitrogens with zero attached hydrogens (tertiary/aromatic N) is 2.